The maximum absolute atomic E-state index is 9.10. The molecule has 4 rings (SSSR count). The molecule has 8 heteroatoms. The lowest BCUT2D eigenvalue weighted by Crippen LogP contribution is -2.09. The molecular formula is C21H17N3O4S. The molecule has 0 saturated carbocycles. The van der Waals surface area contributed by atoms with Crippen molar-refractivity contribution in [3.05, 3.63) is 76.4 Å². The Kier molecular flexibility index (Phi) is 6.16. The van der Waals surface area contributed by atoms with Gasteiger partial charge in [-0.2, -0.15) is 0 Å². The Morgan fingerprint density at radius 3 is 2.45 bits per heavy atom. The second-order valence-electron chi connectivity index (χ2n) is 5.94. The summed E-state index contributed by atoms with van der Waals surface area (Å²) in [4.78, 5) is 28.7. The molecule has 0 amide bonds. The van der Waals surface area contributed by atoms with E-state index in [0.717, 1.165) is 22.7 Å². The van der Waals surface area contributed by atoms with Gasteiger partial charge in [-0.3, -0.25) is 4.57 Å². The van der Waals surface area contributed by atoms with Gasteiger partial charge in [0.25, 0.3) is 0 Å². The van der Waals surface area contributed by atoms with Crippen LogP contribution < -0.4 is 0 Å². The van der Waals surface area contributed by atoms with Crippen molar-refractivity contribution >= 4 is 46.5 Å². The Balaban J connectivity index is 0.000000353. The molecule has 0 bridgehead atoms. The molecule has 3 heterocycles. The average Bonchev–Trinajstić information content (AvgIpc) is 3.34. The van der Waals surface area contributed by atoms with E-state index in [1.54, 1.807) is 11.3 Å². The second-order valence-corrected chi connectivity index (χ2v) is 6.92. The summed E-state index contributed by atoms with van der Waals surface area (Å²) >= 11 is 1.71. The van der Waals surface area contributed by atoms with E-state index in [9.17, 15) is 0 Å². The fourth-order valence-corrected chi connectivity index (χ4v) is 3.21. The van der Waals surface area contributed by atoms with Gasteiger partial charge < -0.3 is 10.2 Å². The van der Waals surface area contributed by atoms with Crippen LogP contribution in [0, 0.1) is 6.92 Å². The molecule has 0 aliphatic carbocycles. The fourth-order valence-electron chi connectivity index (χ4n) is 2.59. The summed E-state index contributed by atoms with van der Waals surface area (Å²) in [5.41, 5.74) is 3.26. The number of carboxylic acid groups (broad SMARTS) is 2. The van der Waals surface area contributed by atoms with Gasteiger partial charge in [-0.1, -0.05) is 18.2 Å². The number of rotatable bonds is 3. The zero-order valence-electron chi connectivity index (χ0n) is 15.4. The molecule has 0 aliphatic heterocycles. The van der Waals surface area contributed by atoms with Crippen LogP contribution in [0.15, 0.2) is 60.1 Å². The first-order chi connectivity index (χ1) is 14.0. The molecule has 0 saturated heterocycles. The molecule has 0 atom stereocenters. The van der Waals surface area contributed by atoms with Gasteiger partial charge in [-0.25, -0.2) is 19.6 Å². The number of benzene rings is 1. The van der Waals surface area contributed by atoms with Crippen LogP contribution in [0.5, 0.6) is 0 Å². The van der Waals surface area contributed by atoms with E-state index in [1.807, 2.05) is 24.4 Å². The standard InChI is InChI=1S/C19H15N3S.C2H2O4/c1-14-7-9-17-16(13-14)21-19(10-8-15-5-4-12-23-15)22(17)18-6-2-3-11-20-18;3-1(4)2(5)6/h2-13H,1H3;(H,3,4)(H,5,6)/b10-8+;. The summed E-state index contributed by atoms with van der Waals surface area (Å²) in [5.74, 6) is -1.88. The van der Waals surface area contributed by atoms with Crippen LogP contribution in [0.1, 0.15) is 16.3 Å². The number of nitrogens with zero attached hydrogens (tertiary/aromatic N) is 3. The summed E-state index contributed by atoms with van der Waals surface area (Å²) in [6.07, 6.45) is 5.95. The van der Waals surface area contributed by atoms with Crippen molar-refractivity contribution in [3.63, 3.8) is 0 Å². The number of aromatic nitrogens is 3. The van der Waals surface area contributed by atoms with Crippen LogP contribution in [0.3, 0.4) is 0 Å². The lowest BCUT2D eigenvalue weighted by molar-refractivity contribution is -0.159. The number of pyridine rings is 1. The Bertz CT molecular complexity index is 1150. The van der Waals surface area contributed by atoms with Gasteiger partial charge in [0.15, 0.2) is 0 Å². The molecule has 2 N–H and O–H groups in total. The number of carbonyl (C=O) groups is 2. The van der Waals surface area contributed by atoms with E-state index in [4.69, 9.17) is 24.8 Å². The van der Waals surface area contributed by atoms with Crippen LogP contribution in [0.25, 0.3) is 29.0 Å². The van der Waals surface area contributed by atoms with Crippen molar-refractivity contribution in [3.8, 4) is 5.82 Å². The molecule has 0 fully saturated rings. The minimum Gasteiger partial charge on any atom is -0.473 e. The number of thiophene rings is 1. The van der Waals surface area contributed by atoms with Crippen LogP contribution in [-0.2, 0) is 9.59 Å². The zero-order chi connectivity index (χ0) is 20.8. The monoisotopic (exact) mass is 407 g/mol. The Labute approximate surface area is 170 Å². The first-order valence-electron chi connectivity index (χ1n) is 8.54. The average molecular weight is 407 g/mol. The third-order valence-corrected chi connectivity index (χ3v) is 4.67. The third-order valence-electron chi connectivity index (χ3n) is 3.84. The normalized spacial score (nSPS) is 10.7. The number of aryl methyl sites for hydroxylation is 1. The van der Waals surface area contributed by atoms with Crippen molar-refractivity contribution < 1.29 is 19.8 Å². The van der Waals surface area contributed by atoms with Crippen LogP contribution in [0.4, 0.5) is 0 Å². The van der Waals surface area contributed by atoms with E-state index in [0.29, 0.717) is 0 Å². The van der Waals surface area contributed by atoms with Crippen LogP contribution >= 0.6 is 11.3 Å². The molecule has 0 radical (unpaired) electrons. The van der Waals surface area contributed by atoms with Crippen molar-refractivity contribution in [1.29, 1.82) is 0 Å². The van der Waals surface area contributed by atoms with Gasteiger partial charge in [0.05, 0.1) is 11.0 Å². The van der Waals surface area contributed by atoms with Gasteiger partial charge in [-0.05, 0) is 60.4 Å². The maximum Gasteiger partial charge on any atom is 0.414 e. The SMILES string of the molecule is Cc1ccc2c(c1)nc(/C=C/c1cccs1)n2-c1ccccn1.O=C(O)C(=O)O. The van der Waals surface area contributed by atoms with Gasteiger partial charge in [0, 0.05) is 11.1 Å². The molecule has 7 nitrogen and oxygen atoms in total. The van der Waals surface area contributed by atoms with Crippen LogP contribution in [0.2, 0.25) is 0 Å². The summed E-state index contributed by atoms with van der Waals surface area (Å²) in [6.45, 7) is 2.08. The largest absolute Gasteiger partial charge is 0.473 e. The summed E-state index contributed by atoms with van der Waals surface area (Å²) in [5, 5.41) is 16.9. The number of hydrogen-bond donors (Lipinski definition) is 2. The molecule has 29 heavy (non-hydrogen) atoms. The number of imidazole rings is 1. The molecule has 1 aromatic carbocycles. The summed E-state index contributed by atoms with van der Waals surface area (Å²) in [7, 11) is 0. The van der Waals surface area contributed by atoms with Crippen molar-refractivity contribution in [1.82, 2.24) is 14.5 Å². The number of fused-ring (bicyclic) bond motifs is 1. The highest BCUT2D eigenvalue weighted by atomic mass is 32.1. The van der Waals surface area contributed by atoms with Crippen LogP contribution in [-0.4, -0.2) is 36.7 Å². The smallest absolute Gasteiger partial charge is 0.414 e. The van der Waals surface area contributed by atoms with Gasteiger partial charge in [0.1, 0.15) is 11.6 Å². The zero-order valence-corrected chi connectivity index (χ0v) is 16.2. The fraction of sp³-hybridized carbons (Fsp3) is 0.0476. The molecule has 3 aromatic heterocycles. The van der Waals surface area contributed by atoms with Gasteiger partial charge in [-0.15, -0.1) is 11.3 Å². The number of hydrogen-bond acceptors (Lipinski definition) is 5. The first kappa shape index (κ1) is 20.0. The van der Waals surface area contributed by atoms with Gasteiger partial charge >= 0.3 is 11.9 Å². The predicted octanol–water partition coefficient (Wildman–Crippen LogP) is 4.12. The molecule has 0 spiro atoms. The lowest BCUT2D eigenvalue weighted by Gasteiger charge is -2.05. The van der Waals surface area contributed by atoms with E-state index in [2.05, 4.69) is 64.3 Å². The van der Waals surface area contributed by atoms with E-state index < -0.39 is 11.9 Å². The third kappa shape index (κ3) is 4.94. The highest BCUT2D eigenvalue weighted by molar-refractivity contribution is 7.10. The summed E-state index contributed by atoms with van der Waals surface area (Å²) in [6, 6.07) is 16.4. The van der Waals surface area contributed by atoms with Gasteiger partial charge in [0.2, 0.25) is 0 Å². The molecule has 0 unspecified atom stereocenters. The topological polar surface area (TPSA) is 105 Å². The first-order valence-corrected chi connectivity index (χ1v) is 9.42. The second kappa shape index (κ2) is 8.94. The highest BCUT2D eigenvalue weighted by Crippen LogP contribution is 2.23. The van der Waals surface area contributed by atoms with E-state index >= 15 is 0 Å². The minimum absolute atomic E-state index is 0.879. The molecule has 0 aliphatic rings. The Morgan fingerprint density at radius 1 is 1.03 bits per heavy atom. The Hall–Kier alpha value is -3.78. The minimum atomic E-state index is -1.82. The van der Waals surface area contributed by atoms with Crippen molar-refractivity contribution in [2.24, 2.45) is 0 Å². The molecule has 146 valence electrons. The highest BCUT2D eigenvalue weighted by Gasteiger charge is 2.11. The van der Waals surface area contributed by atoms with E-state index in [-0.39, 0.29) is 0 Å². The van der Waals surface area contributed by atoms with Crippen molar-refractivity contribution in [2.45, 2.75) is 6.92 Å². The molecule has 4 aromatic rings. The lowest BCUT2D eigenvalue weighted by atomic mass is 10.2. The van der Waals surface area contributed by atoms with E-state index in [1.165, 1.54) is 10.4 Å². The number of aliphatic carboxylic acids is 2. The molecular weight excluding hydrogens is 390 g/mol. The number of carboxylic acids is 2. The maximum atomic E-state index is 9.10. The predicted molar refractivity (Wildman–Crippen MR) is 112 cm³/mol. The van der Waals surface area contributed by atoms with Crippen molar-refractivity contribution in [2.75, 3.05) is 0 Å². The summed E-state index contributed by atoms with van der Waals surface area (Å²) < 4.78 is 2.10. The quantitative estimate of drug-likeness (QED) is 0.495. The Morgan fingerprint density at radius 2 is 1.83 bits per heavy atom.